The summed E-state index contributed by atoms with van der Waals surface area (Å²) in [4.78, 5) is 4.56. The van der Waals surface area contributed by atoms with Gasteiger partial charge in [-0.1, -0.05) is 13.8 Å². The lowest BCUT2D eigenvalue weighted by Crippen LogP contribution is -2.31. The maximum absolute atomic E-state index is 5.70. The van der Waals surface area contributed by atoms with E-state index in [0.29, 0.717) is 19.1 Å². The van der Waals surface area contributed by atoms with Gasteiger partial charge in [-0.25, -0.2) is 0 Å². The molecule has 0 unspecified atom stereocenters. The van der Waals surface area contributed by atoms with E-state index in [1.165, 1.54) is 0 Å². The van der Waals surface area contributed by atoms with Crippen molar-refractivity contribution in [2.75, 3.05) is 31.6 Å². The van der Waals surface area contributed by atoms with E-state index in [-0.39, 0.29) is 24.0 Å². The Balaban J connectivity index is 0.00000242. The lowest BCUT2D eigenvalue weighted by atomic mass is 10.2. The number of ether oxygens (including phenoxy) is 2. The van der Waals surface area contributed by atoms with E-state index in [1.807, 2.05) is 18.2 Å². The van der Waals surface area contributed by atoms with Crippen LogP contribution in [0, 0.1) is 5.92 Å². The Labute approximate surface area is 149 Å². The van der Waals surface area contributed by atoms with E-state index in [4.69, 9.17) is 9.47 Å². The van der Waals surface area contributed by atoms with Crippen LogP contribution in [0.4, 0.5) is 5.69 Å². The number of nitrogens with zero attached hydrogens (tertiary/aromatic N) is 1. The number of guanidine groups is 1. The maximum atomic E-state index is 5.70. The first kappa shape index (κ1) is 18.9. The number of hydrogen-bond acceptors (Lipinski definition) is 3. The van der Waals surface area contributed by atoms with Crippen molar-refractivity contribution in [3.63, 3.8) is 0 Å². The molecule has 0 spiro atoms. The van der Waals surface area contributed by atoms with Crippen molar-refractivity contribution < 1.29 is 9.47 Å². The van der Waals surface area contributed by atoms with Gasteiger partial charge in [0.15, 0.2) is 17.5 Å². The third kappa shape index (κ3) is 5.90. The smallest absolute Gasteiger partial charge is 0.195 e. The molecular formula is C16H26IN3O2. The summed E-state index contributed by atoms with van der Waals surface area (Å²) in [7, 11) is 0. The number of hydrogen-bond donors (Lipinski definition) is 2. The maximum Gasteiger partial charge on any atom is 0.195 e. The first-order valence-electron chi connectivity index (χ1n) is 7.64. The Morgan fingerprint density at radius 1 is 1.23 bits per heavy atom. The van der Waals surface area contributed by atoms with E-state index in [1.54, 1.807) is 0 Å². The molecule has 1 aliphatic heterocycles. The largest absolute Gasteiger partial charge is 0.490 e. The number of nitrogens with one attached hydrogen (secondary N) is 2. The predicted molar refractivity (Wildman–Crippen MR) is 102 cm³/mol. The molecule has 0 bridgehead atoms. The molecule has 2 N–H and O–H groups in total. The molecule has 0 atom stereocenters. The molecule has 1 aromatic rings. The van der Waals surface area contributed by atoms with Gasteiger partial charge in [-0.05, 0) is 25.0 Å². The molecule has 1 aliphatic rings. The minimum Gasteiger partial charge on any atom is -0.490 e. The van der Waals surface area contributed by atoms with Crippen molar-refractivity contribution in [2.24, 2.45) is 10.9 Å². The summed E-state index contributed by atoms with van der Waals surface area (Å²) >= 11 is 0. The number of fused-ring (bicyclic) bond motifs is 1. The van der Waals surface area contributed by atoms with Gasteiger partial charge in [0.2, 0.25) is 0 Å². The molecule has 124 valence electrons. The fraction of sp³-hybridized carbons (Fsp3) is 0.562. The van der Waals surface area contributed by atoms with Gasteiger partial charge in [-0.2, -0.15) is 0 Å². The fourth-order valence-corrected chi connectivity index (χ4v) is 1.96. The molecule has 1 heterocycles. The summed E-state index contributed by atoms with van der Waals surface area (Å²) in [6.45, 7) is 9.38. The van der Waals surface area contributed by atoms with E-state index >= 15 is 0 Å². The zero-order valence-corrected chi connectivity index (χ0v) is 15.8. The molecule has 0 aromatic heterocycles. The van der Waals surface area contributed by atoms with Gasteiger partial charge in [0.25, 0.3) is 0 Å². The highest BCUT2D eigenvalue weighted by Crippen LogP contribution is 2.32. The first-order valence-corrected chi connectivity index (χ1v) is 7.64. The van der Waals surface area contributed by atoms with Crippen LogP contribution in [0.2, 0.25) is 0 Å². The van der Waals surface area contributed by atoms with Crippen LogP contribution in [0.3, 0.4) is 0 Å². The Morgan fingerprint density at radius 2 is 1.95 bits per heavy atom. The van der Waals surface area contributed by atoms with Crippen LogP contribution in [-0.4, -0.2) is 32.3 Å². The highest BCUT2D eigenvalue weighted by atomic mass is 127. The van der Waals surface area contributed by atoms with E-state index in [2.05, 4.69) is 36.4 Å². The third-order valence-corrected chi connectivity index (χ3v) is 2.97. The summed E-state index contributed by atoms with van der Waals surface area (Å²) in [5.41, 5.74) is 0.947. The lowest BCUT2D eigenvalue weighted by molar-refractivity contribution is 0.297. The SMILES string of the molecule is CCNC(=NCC(C)C)Nc1ccc2c(c1)OCCCO2.I. The van der Waals surface area contributed by atoms with Crippen LogP contribution in [0.25, 0.3) is 0 Å². The first-order chi connectivity index (χ1) is 10.2. The van der Waals surface area contributed by atoms with Gasteiger partial charge in [0.05, 0.1) is 13.2 Å². The van der Waals surface area contributed by atoms with Gasteiger partial charge < -0.3 is 20.1 Å². The van der Waals surface area contributed by atoms with E-state index in [9.17, 15) is 0 Å². The van der Waals surface area contributed by atoms with Crippen LogP contribution in [0.15, 0.2) is 23.2 Å². The van der Waals surface area contributed by atoms with E-state index < -0.39 is 0 Å². The van der Waals surface area contributed by atoms with Crippen molar-refractivity contribution >= 4 is 35.6 Å². The van der Waals surface area contributed by atoms with Crippen molar-refractivity contribution in [2.45, 2.75) is 27.2 Å². The standard InChI is InChI=1S/C16H25N3O2.HI/c1-4-17-16(18-11-12(2)3)19-13-6-7-14-15(10-13)21-9-5-8-20-14;/h6-7,10,12H,4-5,8-9,11H2,1-3H3,(H2,17,18,19);1H. The predicted octanol–water partition coefficient (Wildman–Crippen LogP) is 3.50. The van der Waals surface area contributed by atoms with Crippen molar-refractivity contribution in [1.29, 1.82) is 0 Å². The Kier molecular flexibility index (Phi) is 8.37. The quantitative estimate of drug-likeness (QED) is 0.446. The topological polar surface area (TPSA) is 54.9 Å². The average molecular weight is 419 g/mol. The Bertz CT molecular complexity index is 492. The summed E-state index contributed by atoms with van der Waals surface area (Å²) in [5, 5.41) is 6.55. The van der Waals surface area contributed by atoms with Crippen LogP contribution in [0.1, 0.15) is 27.2 Å². The molecule has 5 nitrogen and oxygen atoms in total. The molecule has 0 fully saturated rings. The zero-order valence-electron chi connectivity index (χ0n) is 13.5. The summed E-state index contributed by atoms with van der Waals surface area (Å²) < 4.78 is 11.3. The highest BCUT2D eigenvalue weighted by molar-refractivity contribution is 14.0. The average Bonchev–Trinajstić information content (AvgIpc) is 2.69. The molecule has 2 rings (SSSR count). The second-order valence-electron chi connectivity index (χ2n) is 5.45. The van der Waals surface area contributed by atoms with Gasteiger partial charge in [0.1, 0.15) is 0 Å². The van der Waals surface area contributed by atoms with Crippen molar-refractivity contribution in [1.82, 2.24) is 5.32 Å². The zero-order chi connectivity index (χ0) is 15.1. The van der Waals surface area contributed by atoms with Gasteiger partial charge >= 0.3 is 0 Å². The number of aliphatic imine (C=N–C) groups is 1. The lowest BCUT2D eigenvalue weighted by Gasteiger charge is -2.14. The molecule has 1 aromatic carbocycles. The Hall–Kier alpha value is -1.18. The molecular weight excluding hydrogens is 393 g/mol. The minimum atomic E-state index is 0. The summed E-state index contributed by atoms with van der Waals surface area (Å²) in [5.74, 6) is 2.92. The molecule has 6 heteroatoms. The molecule has 0 saturated carbocycles. The monoisotopic (exact) mass is 419 g/mol. The minimum absolute atomic E-state index is 0. The molecule has 22 heavy (non-hydrogen) atoms. The van der Waals surface area contributed by atoms with Gasteiger partial charge in [-0.15, -0.1) is 24.0 Å². The normalized spacial score (nSPS) is 14.1. The van der Waals surface area contributed by atoms with Crippen LogP contribution < -0.4 is 20.1 Å². The van der Waals surface area contributed by atoms with E-state index in [0.717, 1.165) is 42.7 Å². The molecule has 0 saturated heterocycles. The number of halogens is 1. The fourth-order valence-electron chi connectivity index (χ4n) is 1.96. The molecule has 0 aliphatic carbocycles. The van der Waals surface area contributed by atoms with Crippen LogP contribution >= 0.6 is 24.0 Å². The van der Waals surface area contributed by atoms with Gasteiger partial charge in [0, 0.05) is 31.3 Å². The third-order valence-electron chi connectivity index (χ3n) is 2.97. The molecule has 0 amide bonds. The second-order valence-corrected chi connectivity index (χ2v) is 5.45. The van der Waals surface area contributed by atoms with Crippen molar-refractivity contribution in [3.05, 3.63) is 18.2 Å². The molecule has 0 radical (unpaired) electrons. The number of rotatable bonds is 4. The number of anilines is 1. The van der Waals surface area contributed by atoms with Gasteiger partial charge in [-0.3, -0.25) is 4.99 Å². The number of benzene rings is 1. The van der Waals surface area contributed by atoms with Crippen LogP contribution in [0.5, 0.6) is 11.5 Å². The Morgan fingerprint density at radius 3 is 2.64 bits per heavy atom. The van der Waals surface area contributed by atoms with Crippen molar-refractivity contribution in [3.8, 4) is 11.5 Å². The van der Waals surface area contributed by atoms with Crippen LogP contribution in [-0.2, 0) is 0 Å². The second kappa shape index (κ2) is 9.76. The summed E-state index contributed by atoms with van der Waals surface area (Å²) in [6, 6.07) is 5.88. The summed E-state index contributed by atoms with van der Waals surface area (Å²) in [6.07, 6.45) is 0.913. The highest BCUT2D eigenvalue weighted by Gasteiger charge is 2.11.